The van der Waals surface area contributed by atoms with Crippen molar-refractivity contribution in [2.75, 3.05) is 0 Å². The minimum atomic E-state index is -1.00. The maximum atomic E-state index is 10.0. The summed E-state index contributed by atoms with van der Waals surface area (Å²) in [5, 5.41) is 22.7. The molecule has 2 atom stereocenters. The number of aliphatic carboxylic acids is 2. The molecule has 0 aliphatic carbocycles. The molecule has 2 heterocycles. The largest absolute Gasteiger partial charge is 1.00 e. The van der Waals surface area contributed by atoms with Gasteiger partial charge >= 0.3 is 59.1 Å². The number of hydrogen-bond donors (Lipinski definition) is 0. The van der Waals surface area contributed by atoms with Gasteiger partial charge in [0.2, 0.25) is 0 Å². The second-order valence-electron chi connectivity index (χ2n) is 2.52. The van der Waals surface area contributed by atoms with Crippen LogP contribution in [0.5, 0.6) is 0 Å². The molecule has 0 aromatic rings. The Bertz CT molecular complexity index is 305. The van der Waals surface area contributed by atoms with Gasteiger partial charge in [-0.3, -0.25) is 0 Å². The van der Waals surface area contributed by atoms with Crippen molar-refractivity contribution < 1.29 is 78.9 Å². The predicted octanol–water partition coefficient (Wildman–Crippen LogP) is -5.96. The van der Waals surface area contributed by atoms with E-state index in [2.05, 4.69) is 0 Å². The second-order valence-corrected chi connectivity index (χ2v) is 7.16. The maximum Gasteiger partial charge on any atom is 1.00 e. The van der Waals surface area contributed by atoms with Crippen LogP contribution in [0, 0.1) is 0 Å². The van der Waals surface area contributed by atoms with Crippen LogP contribution >= 0.6 is 43.2 Å². The summed E-state index contributed by atoms with van der Waals surface area (Å²) in [5.41, 5.74) is 0. The standard InChI is InChI=1S/2C4H4O2S2.2Na/c2*5-4(6)3-1-2-7-8-3;;/h2*1-3H,(H,5,6);;/q;;2*+1/p-2. The topological polar surface area (TPSA) is 80.3 Å². The summed E-state index contributed by atoms with van der Waals surface area (Å²) in [6.45, 7) is 0. The molecule has 2 aliphatic heterocycles. The molecule has 88 valence electrons. The van der Waals surface area contributed by atoms with Crippen molar-refractivity contribution in [3.05, 3.63) is 23.0 Å². The molecule has 0 aromatic carbocycles. The van der Waals surface area contributed by atoms with Crippen LogP contribution in [-0.4, -0.2) is 22.4 Å². The first kappa shape index (κ1) is 22.1. The summed E-state index contributed by atoms with van der Waals surface area (Å²) < 4.78 is 0. The Kier molecular flexibility index (Phi) is 15.4. The van der Waals surface area contributed by atoms with E-state index >= 15 is 0 Å². The maximum absolute atomic E-state index is 10.0. The van der Waals surface area contributed by atoms with E-state index in [0.29, 0.717) is 0 Å². The fourth-order valence-electron chi connectivity index (χ4n) is 0.691. The third-order valence-corrected chi connectivity index (χ3v) is 5.85. The summed E-state index contributed by atoms with van der Waals surface area (Å²) in [7, 11) is 5.44. The van der Waals surface area contributed by atoms with Gasteiger partial charge in [-0.1, -0.05) is 55.3 Å². The Morgan fingerprint density at radius 3 is 1.28 bits per heavy atom. The quantitative estimate of drug-likeness (QED) is 0.363. The Labute approximate surface area is 165 Å². The Morgan fingerprint density at radius 1 is 0.833 bits per heavy atom. The molecule has 10 heteroatoms. The molecule has 0 saturated carbocycles. The number of rotatable bonds is 2. The van der Waals surface area contributed by atoms with Crippen molar-refractivity contribution in [2.24, 2.45) is 0 Å². The zero-order valence-corrected chi connectivity index (χ0v) is 17.0. The van der Waals surface area contributed by atoms with Crippen molar-refractivity contribution in [1.29, 1.82) is 0 Å². The molecule has 0 N–H and O–H groups in total. The zero-order valence-electron chi connectivity index (χ0n) is 9.73. The first-order chi connectivity index (χ1) is 7.61. The average molecular weight is 340 g/mol. The molecule has 4 nitrogen and oxygen atoms in total. The van der Waals surface area contributed by atoms with E-state index in [0.717, 1.165) is 0 Å². The van der Waals surface area contributed by atoms with Gasteiger partial charge in [-0.2, -0.15) is 0 Å². The molecule has 0 fully saturated rings. The third kappa shape index (κ3) is 8.89. The Morgan fingerprint density at radius 2 is 1.17 bits per heavy atom. The van der Waals surface area contributed by atoms with Crippen LogP contribution in [0.4, 0.5) is 0 Å². The number of carbonyl (C=O) groups excluding carboxylic acids is 2. The van der Waals surface area contributed by atoms with Gasteiger partial charge in [0.15, 0.2) is 0 Å². The number of hydrogen-bond acceptors (Lipinski definition) is 8. The molecule has 18 heavy (non-hydrogen) atoms. The van der Waals surface area contributed by atoms with E-state index in [1.54, 1.807) is 23.0 Å². The molecule has 0 radical (unpaired) electrons. The van der Waals surface area contributed by atoms with Crippen molar-refractivity contribution in [3.63, 3.8) is 0 Å². The molecular weight excluding hydrogens is 334 g/mol. The second kappa shape index (κ2) is 12.6. The molecular formula is C8H6Na2O4S4. The van der Waals surface area contributed by atoms with E-state index < -0.39 is 22.4 Å². The molecule has 0 amide bonds. The summed E-state index contributed by atoms with van der Waals surface area (Å²) in [6.07, 6.45) is 3.23. The van der Waals surface area contributed by atoms with Crippen molar-refractivity contribution >= 4 is 55.1 Å². The summed E-state index contributed by atoms with van der Waals surface area (Å²) in [5.74, 6) is -2.01. The smallest absolute Gasteiger partial charge is 0.549 e. The monoisotopic (exact) mass is 340 g/mol. The molecule has 2 rings (SSSR count). The summed E-state index contributed by atoms with van der Waals surface area (Å²) in [4.78, 5) is 20.0. The minimum Gasteiger partial charge on any atom is -0.549 e. The SMILES string of the molecule is O=C([O-])C1C=CSS1.O=C([O-])C1C=CSS1.[Na+].[Na+]. The van der Waals surface area contributed by atoms with E-state index in [9.17, 15) is 19.8 Å². The average Bonchev–Trinajstić information content (AvgIpc) is 2.93. The van der Waals surface area contributed by atoms with Crippen LogP contribution in [0.2, 0.25) is 0 Å². The van der Waals surface area contributed by atoms with Crippen molar-refractivity contribution in [1.82, 2.24) is 0 Å². The van der Waals surface area contributed by atoms with Crippen molar-refractivity contribution in [2.45, 2.75) is 10.5 Å². The first-order valence-electron chi connectivity index (χ1n) is 4.00. The van der Waals surface area contributed by atoms with E-state index in [4.69, 9.17) is 0 Å². The molecule has 0 saturated heterocycles. The zero-order chi connectivity index (χ0) is 12.0. The molecule has 2 aliphatic rings. The fourth-order valence-corrected chi connectivity index (χ4v) is 4.49. The van der Waals surface area contributed by atoms with Crippen LogP contribution in [0.1, 0.15) is 0 Å². The first-order valence-corrected chi connectivity index (χ1v) is 8.56. The number of carboxylic acids is 2. The van der Waals surface area contributed by atoms with E-state index in [-0.39, 0.29) is 59.1 Å². The van der Waals surface area contributed by atoms with Crippen LogP contribution in [0.25, 0.3) is 0 Å². The normalized spacial score (nSPS) is 23.3. The molecule has 0 spiro atoms. The fraction of sp³-hybridized carbons (Fsp3) is 0.250. The van der Waals surface area contributed by atoms with Crippen molar-refractivity contribution in [3.8, 4) is 0 Å². The van der Waals surface area contributed by atoms with Crippen LogP contribution in [0.15, 0.2) is 23.0 Å². The van der Waals surface area contributed by atoms with E-state index in [1.165, 1.54) is 43.2 Å². The van der Waals surface area contributed by atoms with Gasteiger partial charge in [-0.25, -0.2) is 0 Å². The molecule has 0 aromatic heterocycles. The van der Waals surface area contributed by atoms with E-state index in [1.807, 2.05) is 0 Å². The number of carboxylic acid groups (broad SMARTS) is 2. The van der Waals surface area contributed by atoms with Gasteiger partial charge in [-0.05, 0) is 10.8 Å². The van der Waals surface area contributed by atoms with Gasteiger partial charge < -0.3 is 19.8 Å². The van der Waals surface area contributed by atoms with Gasteiger partial charge in [-0.15, -0.1) is 0 Å². The molecule has 0 bridgehead atoms. The summed E-state index contributed by atoms with van der Waals surface area (Å²) in [6, 6.07) is 0. The van der Waals surface area contributed by atoms with Gasteiger partial charge in [0.05, 0.1) is 22.4 Å². The Hall–Kier alpha value is 1.82. The number of carbonyl (C=O) groups is 2. The third-order valence-electron chi connectivity index (χ3n) is 1.40. The van der Waals surface area contributed by atoms with Gasteiger partial charge in [0, 0.05) is 0 Å². The van der Waals surface area contributed by atoms with Crippen LogP contribution < -0.4 is 69.3 Å². The van der Waals surface area contributed by atoms with Gasteiger partial charge in [0.1, 0.15) is 0 Å². The minimum absolute atomic E-state index is 0. The van der Waals surface area contributed by atoms with Crippen LogP contribution in [-0.2, 0) is 9.59 Å². The predicted molar refractivity (Wildman–Crippen MR) is 66.2 cm³/mol. The van der Waals surface area contributed by atoms with Crippen LogP contribution in [0.3, 0.4) is 0 Å². The van der Waals surface area contributed by atoms with Gasteiger partial charge in [0.25, 0.3) is 0 Å². The summed E-state index contributed by atoms with van der Waals surface area (Å²) >= 11 is 0. The molecule has 2 unspecified atom stereocenters. The Balaban J connectivity index is 0.